The van der Waals surface area contributed by atoms with Gasteiger partial charge in [-0.2, -0.15) is 0 Å². The molecule has 0 radical (unpaired) electrons. The van der Waals surface area contributed by atoms with Crippen molar-refractivity contribution in [1.82, 2.24) is 9.97 Å². The summed E-state index contributed by atoms with van der Waals surface area (Å²) in [5.74, 6) is -0.997. The van der Waals surface area contributed by atoms with Crippen LogP contribution in [0, 0.1) is 0 Å². The molecule has 1 heterocycles. The zero-order valence-corrected chi connectivity index (χ0v) is 9.61. The molecule has 1 unspecified atom stereocenters. The molecule has 94 valence electrons. The van der Waals surface area contributed by atoms with Gasteiger partial charge in [0.2, 0.25) is 5.91 Å². The summed E-state index contributed by atoms with van der Waals surface area (Å²) >= 11 is 0. The molecule has 0 aliphatic heterocycles. The van der Waals surface area contributed by atoms with Crippen molar-refractivity contribution in [3.63, 3.8) is 0 Å². The minimum Gasteiger partial charge on any atom is -0.324 e. The Bertz CT molecular complexity index is 670. The number of Topliss-reactive ketones (excluding diaryl/α,β-unsaturated/α-hetero) is 1. The maximum Gasteiger partial charge on any atom is 0.323 e. The molecule has 5 N–H and O–H groups in total. The molecule has 0 aliphatic carbocycles. The van der Waals surface area contributed by atoms with Gasteiger partial charge in [-0.3, -0.25) is 9.59 Å². The minimum absolute atomic E-state index is 0.325. The Morgan fingerprint density at radius 2 is 1.94 bits per heavy atom. The minimum atomic E-state index is -1.19. The summed E-state index contributed by atoms with van der Waals surface area (Å²) in [6, 6.07) is 3.64. The van der Waals surface area contributed by atoms with Gasteiger partial charge >= 0.3 is 5.69 Å². The zero-order valence-electron chi connectivity index (χ0n) is 9.61. The topological polar surface area (TPSA) is 121 Å². The highest BCUT2D eigenvalue weighted by atomic mass is 16.2. The van der Waals surface area contributed by atoms with Crippen LogP contribution >= 0.6 is 0 Å². The lowest BCUT2D eigenvalue weighted by Crippen LogP contribution is -2.41. The number of ketones is 1. The third-order valence-corrected chi connectivity index (χ3v) is 2.50. The van der Waals surface area contributed by atoms with Gasteiger partial charge in [0.25, 0.3) is 0 Å². The molecule has 1 amide bonds. The number of imidazole rings is 1. The van der Waals surface area contributed by atoms with Gasteiger partial charge in [0.15, 0.2) is 5.78 Å². The molecule has 0 bridgehead atoms. The predicted octanol–water partition coefficient (Wildman–Crippen LogP) is -0.289. The summed E-state index contributed by atoms with van der Waals surface area (Å²) in [7, 11) is 0. The lowest BCUT2D eigenvalue weighted by molar-refractivity contribution is -0.126. The van der Waals surface area contributed by atoms with E-state index in [-0.39, 0.29) is 5.69 Å². The molecule has 1 aromatic carbocycles. The number of nitrogens with two attached hydrogens (primary N) is 1. The van der Waals surface area contributed by atoms with Gasteiger partial charge in [-0.15, -0.1) is 0 Å². The molecular weight excluding hydrogens is 236 g/mol. The number of H-pyrrole nitrogens is 2. The van der Waals surface area contributed by atoms with E-state index in [0.29, 0.717) is 16.7 Å². The van der Waals surface area contributed by atoms with Crippen molar-refractivity contribution < 1.29 is 9.59 Å². The maximum absolute atomic E-state index is 11.6. The van der Waals surface area contributed by atoms with Gasteiger partial charge in [0.1, 0.15) is 6.04 Å². The monoisotopic (exact) mass is 248 g/mol. The van der Waals surface area contributed by atoms with Crippen LogP contribution in [-0.4, -0.2) is 27.7 Å². The van der Waals surface area contributed by atoms with Gasteiger partial charge in [0, 0.05) is 5.69 Å². The van der Waals surface area contributed by atoms with E-state index in [1.54, 1.807) is 18.2 Å². The van der Waals surface area contributed by atoms with Crippen molar-refractivity contribution in [2.24, 2.45) is 5.73 Å². The summed E-state index contributed by atoms with van der Waals surface area (Å²) in [5, 5.41) is 2.50. The third kappa shape index (κ3) is 2.30. The van der Waals surface area contributed by atoms with Crippen LogP contribution in [0.1, 0.15) is 6.92 Å². The first-order valence-electron chi connectivity index (χ1n) is 5.26. The number of hydrogen-bond acceptors (Lipinski definition) is 4. The molecular formula is C11H12N4O3. The van der Waals surface area contributed by atoms with E-state index in [2.05, 4.69) is 15.3 Å². The molecule has 7 heteroatoms. The van der Waals surface area contributed by atoms with E-state index in [9.17, 15) is 14.4 Å². The Hall–Kier alpha value is -2.41. The van der Waals surface area contributed by atoms with Crippen molar-refractivity contribution in [3.8, 4) is 0 Å². The summed E-state index contributed by atoms with van der Waals surface area (Å²) in [6.45, 7) is 1.25. The average Bonchev–Trinajstić information content (AvgIpc) is 2.67. The first kappa shape index (κ1) is 12.1. The number of carbonyl (C=O) groups is 2. The number of amides is 1. The standard InChI is InChI=1S/C11H12N4O3/c1-5(16)9(12)10(17)13-6-2-3-7-8(4-6)15-11(18)14-7/h2-4,9H,12H2,1H3,(H,13,17)(H2,14,15,18). The van der Waals surface area contributed by atoms with Crippen molar-refractivity contribution >= 4 is 28.4 Å². The Morgan fingerprint density at radius 1 is 1.28 bits per heavy atom. The van der Waals surface area contributed by atoms with E-state index in [1.807, 2.05) is 0 Å². The van der Waals surface area contributed by atoms with Gasteiger partial charge in [-0.05, 0) is 25.1 Å². The van der Waals surface area contributed by atoms with Crippen LogP contribution in [0.25, 0.3) is 11.0 Å². The fourth-order valence-electron chi connectivity index (χ4n) is 1.51. The lowest BCUT2D eigenvalue weighted by Gasteiger charge is -2.09. The largest absolute Gasteiger partial charge is 0.324 e. The first-order chi connectivity index (χ1) is 8.47. The second-order valence-corrected chi connectivity index (χ2v) is 3.92. The Kier molecular flexibility index (Phi) is 2.99. The lowest BCUT2D eigenvalue weighted by atomic mass is 10.2. The highest BCUT2D eigenvalue weighted by molar-refractivity contribution is 6.10. The third-order valence-electron chi connectivity index (χ3n) is 2.50. The van der Waals surface area contributed by atoms with Crippen molar-refractivity contribution in [2.75, 3.05) is 5.32 Å². The fourth-order valence-corrected chi connectivity index (χ4v) is 1.51. The first-order valence-corrected chi connectivity index (χ1v) is 5.26. The van der Waals surface area contributed by atoms with E-state index in [1.165, 1.54) is 6.92 Å². The number of benzene rings is 1. The van der Waals surface area contributed by atoms with E-state index in [4.69, 9.17) is 5.73 Å². The Labute approximate surface area is 101 Å². The summed E-state index contributed by atoms with van der Waals surface area (Å²) in [5.41, 5.74) is 6.73. The van der Waals surface area contributed by atoms with Crippen LogP contribution < -0.4 is 16.7 Å². The molecule has 18 heavy (non-hydrogen) atoms. The van der Waals surface area contributed by atoms with Crippen LogP contribution in [0.5, 0.6) is 0 Å². The fraction of sp³-hybridized carbons (Fsp3) is 0.182. The average molecular weight is 248 g/mol. The molecule has 2 aromatic rings. The highest BCUT2D eigenvalue weighted by Gasteiger charge is 2.18. The van der Waals surface area contributed by atoms with Crippen molar-refractivity contribution in [2.45, 2.75) is 13.0 Å². The number of hydrogen-bond donors (Lipinski definition) is 4. The number of rotatable bonds is 3. The maximum atomic E-state index is 11.6. The molecule has 0 fully saturated rings. The van der Waals surface area contributed by atoms with Crippen LogP contribution in [0.4, 0.5) is 5.69 Å². The van der Waals surface area contributed by atoms with E-state index in [0.717, 1.165) is 0 Å². The molecule has 1 aromatic heterocycles. The molecule has 0 aliphatic rings. The number of anilines is 1. The smallest absolute Gasteiger partial charge is 0.323 e. The highest BCUT2D eigenvalue weighted by Crippen LogP contribution is 2.14. The summed E-state index contributed by atoms with van der Waals surface area (Å²) in [6.07, 6.45) is 0. The number of carbonyl (C=O) groups excluding carboxylic acids is 2. The SMILES string of the molecule is CC(=O)C(N)C(=O)Nc1ccc2[nH]c(=O)[nH]c2c1. The number of fused-ring (bicyclic) bond motifs is 1. The predicted molar refractivity (Wildman–Crippen MR) is 66.2 cm³/mol. The van der Waals surface area contributed by atoms with Gasteiger partial charge < -0.3 is 21.0 Å². The van der Waals surface area contributed by atoms with E-state index < -0.39 is 17.7 Å². The normalized spacial score (nSPS) is 12.3. The zero-order chi connectivity index (χ0) is 13.3. The van der Waals surface area contributed by atoms with Crippen molar-refractivity contribution in [3.05, 3.63) is 28.7 Å². The quantitative estimate of drug-likeness (QED) is 0.558. The summed E-state index contributed by atoms with van der Waals surface area (Å²) in [4.78, 5) is 38.7. The number of aromatic amines is 2. The van der Waals surface area contributed by atoms with E-state index >= 15 is 0 Å². The van der Waals surface area contributed by atoms with Gasteiger partial charge in [-0.25, -0.2) is 4.79 Å². The molecule has 0 saturated heterocycles. The van der Waals surface area contributed by atoms with Crippen molar-refractivity contribution in [1.29, 1.82) is 0 Å². The van der Waals surface area contributed by atoms with Crippen LogP contribution in [0.15, 0.2) is 23.0 Å². The molecule has 0 spiro atoms. The molecule has 7 nitrogen and oxygen atoms in total. The Morgan fingerprint density at radius 3 is 2.61 bits per heavy atom. The molecule has 0 saturated carbocycles. The molecule has 1 atom stereocenters. The van der Waals surface area contributed by atoms with Crippen LogP contribution in [0.3, 0.4) is 0 Å². The number of aromatic nitrogens is 2. The summed E-state index contributed by atoms with van der Waals surface area (Å²) < 4.78 is 0. The van der Waals surface area contributed by atoms with Gasteiger partial charge in [-0.1, -0.05) is 0 Å². The second kappa shape index (κ2) is 4.46. The van der Waals surface area contributed by atoms with Crippen LogP contribution in [-0.2, 0) is 9.59 Å². The van der Waals surface area contributed by atoms with Crippen LogP contribution in [0.2, 0.25) is 0 Å². The Balaban J connectivity index is 2.24. The van der Waals surface area contributed by atoms with Gasteiger partial charge in [0.05, 0.1) is 11.0 Å². The number of nitrogens with one attached hydrogen (secondary N) is 3. The molecule has 2 rings (SSSR count). The second-order valence-electron chi connectivity index (χ2n) is 3.92.